The first-order valence-electron chi connectivity index (χ1n) is 6.44. The van der Waals surface area contributed by atoms with E-state index in [2.05, 4.69) is 20.1 Å². The van der Waals surface area contributed by atoms with Crippen LogP contribution in [0.3, 0.4) is 0 Å². The standard InChI is InChI=1S/C14H11N5OS/c1-7-8(2)21-13-10(7)12-16-11(9-3-5-15-6-4-9)18-19(12)14(20)17-13/h3-6H,1-2H3,(H,17,20). The molecule has 7 heteroatoms. The molecule has 0 fully saturated rings. The summed E-state index contributed by atoms with van der Waals surface area (Å²) in [5.74, 6) is 0.527. The minimum Gasteiger partial charge on any atom is -0.297 e. The average Bonchev–Trinajstić information content (AvgIpc) is 3.03. The highest BCUT2D eigenvalue weighted by Gasteiger charge is 2.16. The van der Waals surface area contributed by atoms with Crippen LogP contribution in [0.25, 0.3) is 27.3 Å². The summed E-state index contributed by atoms with van der Waals surface area (Å²) in [7, 11) is 0. The van der Waals surface area contributed by atoms with E-state index in [1.165, 1.54) is 9.39 Å². The van der Waals surface area contributed by atoms with Crippen LogP contribution in [0.4, 0.5) is 0 Å². The second-order valence-electron chi connectivity index (χ2n) is 4.82. The highest BCUT2D eigenvalue weighted by atomic mass is 32.1. The van der Waals surface area contributed by atoms with Crippen molar-refractivity contribution in [2.24, 2.45) is 0 Å². The third kappa shape index (κ3) is 1.71. The van der Waals surface area contributed by atoms with Crippen LogP contribution in [0.5, 0.6) is 0 Å². The molecule has 0 aliphatic heterocycles. The first-order chi connectivity index (χ1) is 10.1. The van der Waals surface area contributed by atoms with Crippen LogP contribution in [0, 0.1) is 13.8 Å². The van der Waals surface area contributed by atoms with Gasteiger partial charge >= 0.3 is 5.69 Å². The molecule has 21 heavy (non-hydrogen) atoms. The van der Waals surface area contributed by atoms with Crippen molar-refractivity contribution >= 4 is 27.2 Å². The molecule has 0 aliphatic carbocycles. The Morgan fingerprint density at radius 2 is 2.00 bits per heavy atom. The number of aromatic amines is 1. The molecule has 0 bridgehead atoms. The van der Waals surface area contributed by atoms with Crippen LogP contribution in [0.2, 0.25) is 0 Å². The van der Waals surface area contributed by atoms with Crippen LogP contribution in [-0.4, -0.2) is 24.6 Å². The molecular weight excluding hydrogens is 286 g/mol. The second kappa shape index (κ2) is 4.23. The van der Waals surface area contributed by atoms with Gasteiger partial charge in [0.2, 0.25) is 0 Å². The summed E-state index contributed by atoms with van der Waals surface area (Å²) in [5, 5.41) is 5.28. The SMILES string of the molecule is Cc1sc2[nH]c(=O)n3nc(-c4ccncc4)nc3c2c1C. The molecule has 6 nitrogen and oxygen atoms in total. The van der Waals surface area contributed by atoms with Gasteiger partial charge < -0.3 is 0 Å². The van der Waals surface area contributed by atoms with E-state index in [-0.39, 0.29) is 5.69 Å². The lowest BCUT2D eigenvalue weighted by molar-refractivity contribution is 0.886. The highest BCUT2D eigenvalue weighted by molar-refractivity contribution is 7.18. The smallest absolute Gasteiger partial charge is 0.297 e. The molecule has 0 aliphatic rings. The van der Waals surface area contributed by atoms with Crippen LogP contribution in [-0.2, 0) is 0 Å². The minimum absolute atomic E-state index is 0.272. The number of nitrogens with one attached hydrogen (secondary N) is 1. The Kier molecular flexibility index (Phi) is 2.46. The van der Waals surface area contributed by atoms with Crippen LogP contribution >= 0.6 is 11.3 Å². The number of aryl methyl sites for hydroxylation is 2. The number of nitrogens with zero attached hydrogens (tertiary/aromatic N) is 4. The molecule has 4 heterocycles. The maximum atomic E-state index is 12.2. The molecule has 0 spiro atoms. The highest BCUT2D eigenvalue weighted by Crippen LogP contribution is 2.30. The van der Waals surface area contributed by atoms with Gasteiger partial charge in [0.25, 0.3) is 0 Å². The summed E-state index contributed by atoms with van der Waals surface area (Å²) in [6, 6.07) is 3.65. The van der Waals surface area contributed by atoms with E-state index < -0.39 is 0 Å². The Morgan fingerprint density at radius 1 is 1.24 bits per heavy atom. The summed E-state index contributed by atoms with van der Waals surface area (Å²) in [6.07, 6.45) is 3.36. The lowest BCUT2D eigenvalue weighted by Gasteiger charge is -1.94. The minimum atomic E-state index is -0.272. The van der Waals surface area contributed by atoms with E-state index >= 15 is 0 Å². The zero-order valence-electron chi connectivity index (χ0n) is 11.4. The Bertz CT molecular complexity index is 1030. The van der Waals surface area contributed by atoms with Gasteiger partial charge in [0, 0.05) is 22.8 Å². The van der Waals surface area contributed by atoms with Crippen molar-refractivity contribution in [3.8, 4) is 11.4 Å². The fourth-order valence-electron chi connectivity index (χ4n) is 2.37. The Morgan fingerprint density at radius 3 is 2.76 bits per heavy atom. The van der Waals surface area contributed by atoms with E-state index in [4.69, 9.17) is 0 Å². The first-order valence-corrected chi connectivity index (χ1v) is 7.26. The average molecular weight is 297 g/mol. The molecule has 1 N–H and O–H groups in total. The summed E-state index contributed by atoms with van der Waals surface area (Å²) in [4.78, 5) is 25.6. The molecule has 0 saturated carbocycles. The molecule has 4 aromatic heterocycles. The number of fused-ring (bicyclic) bond motifs is 3. The van der Waals surface area contributed by atoms with Gasteiger partial charge in [-0.3, -0.25) is 9.97 Å². The molecule has 0 atom stereocenters. The molecule has 0 radical (unpaired) electrons. The lowest BCUT2D eigenvalue weighted by Crippen LogP contribution is -2.16. The van der Waals surface area contributed by atoms with E-state index in [0.29, 0.717) is 11.5 Å². The van der Waals surface area contributed by atoms with Crippen LogP contribution in [0.1, 0.15) is 10.4 Å². The van der Waals surface area contributed by atoms with Crippen molar-refractivity contribution in [3.05, 3.63) is 45.5 Å². The molecular formula is C14H11N5OS. The predicted octanol–water partition coefficient (Wildman–Crippen LogP) is 2.31. The van der Waals surface area contributed by atoms with E-state index in [1.54, 1.807) is 23.7 Å². The molecule has 0 amide bonds. The number of hydrogen-bond donors (Lipinski definition) is 1. The van der Waals surface area contributed by atoms with Gasteiger partial charge in [0.05, 0.1) is 5.39 Å². The molecule has 4 rings (SSSR count). The summed E-state index contributed by atoms with van der Waals surface area (Å²) < 4.78 is 1.33. The number of thiophene rings is 1. The molecule has 0 aromatic carbocycles. The van der Waals surface area contributed by atoms with E-state index in [9.17, 15) is 4.79 Å². The number of pyridine rings is 1. The van der Waals surface area contributed by atoms with Gasteiger partial charge in [-0.2, -0.15) is 4.52 Å². The number of rotatable bonds is 1. The first kappa shape index (κ1) is 12.2. The second-order valence-corrected chi connectivity index (χ2v) is 6.05. The Hall–Kier alpha value is -2.54. The number of hydrogen-bond acceptors (Lipinski definition) is 5. The summed E-state index contributed by atoms with van der Waals surface area (Å²) in [6.45, 7) is 4.07. The van der Waals surface area contributed by atoms with Crippen molar-refractivity contribution in [2.75, 3.05) is 0 Å². The van der Waals surface area contributed by atoms with Gasteiger partial charge in [-0.15, -0.1) is 16.4 Å². The quantitative estimate of drug-likeness (QED) is 0.585. The predicted molar refractivity (Wildman–Crippen MR) is 81.7 cm³/mol. The molecule has 4 aromatic rings. The van der Waals surface area contributed by atoms with Gasteiger partial charge in [-0.1, -0.05) is 0 Å². The van der Waals surface area contributed by atoms with E-state index in [0.717, 1.165) is 21.3 Å². The number of aromatic nitrogens is 5. The zero-order valence-corrected chi connectivity index (χ0v) is 12.2. The van der Waals surface area contributed by atoms with Crippen LogP contribution < -0.4 is 5.69 Å². The number of H-pyrrole nitrogens is 1. The van der Waals surface area contributed by atoms with Crippen molar-refractivity contribution in [2.45, 2.75) is 13.8 Å². The summed E-state index contributed by atoms with van der Waals surface area (Å²) >= 11 is 1.57. The van der Waals surface area contributed by atoms with Gasteiger partial charge in [-0.05, 0) is 31.5 Å². The maximum absolute atomic E-state index is 12.2. The van der Waals surface area contributed by atoms with Crippen LogP contribution in [0.15, 0.2) is 29.3 Å². The molecule has 104 valence electrons. The van der Waals surface area contributed by atoms with Gasteiger partial charge in [0.15, 0.2) is 11.5 Å². The fourth-order valence-corrected chi connectivity index (χ4v) is 3.42. The maximum Gasteiger partial charge on any atom is 0.349 e. The van der Waals surface area contributed by atoms with Gasteiger partial charge in [0.1, 0.15) is 4.83 Å². The topological polar surface area (TPSA) is 75.9 Å². The van der Waals surface area contributed by atoms with Crippen molar-refractivity contribution < 1.29 is 0 Å². The monoisotopic (exact) mass is 297 g/mol. The Balaban J connectivity index is 2.14. The summed E-state index contributed by atoms with van der Waals surface area (Å²) in [5.41, 5.74) is 2.30. The van der Waals surface area contributed by atoms with Gasteiger partial charge in [-0.25, -0.2) is 9.78 Å². The molecule has 0 unspecified atom stereocenters. The normalized spacial score (nSPS) is 11.5. The largest absolute Gasteiger partial charge is 0.349 e. The zero-order chi connectivity index (χ0) is 14.6. The third-order valence-corrected chi connectivity index (χ3v) is 4.69. The van der Waals surface area contributed by atoms with Crippen molar-refractivity contribution in [3.63, 3.8) is 0 Å². The Labute approximate surface area is 123 Å². The van der Waals surface area contributed by atoms with E-state index in [1.807, 2.05) is 26.0 Å². The van der Waals surface area contributed by atoms with Crippen molar-refractivity contribution in [1.82, 2.24) is 24.6 Å². The fraction of sp³-hybridized carbons (Fsp3) is 0.143. The third-order valence-electron chi connectivity index (χ3n) is 3.57. The lowest BCUT2D eigenvalue weighted by atomic mass is 10.2. The van der Waals surface area contributed by atoms with Crippen molar-refractivity contribution in [1.29, 1.82) is 0 Å². The molecule has 0 saturated heterocycles.